The van der Waals surface area contributed by atoms with Gasteiger partial charge in [-0.05, 0) is 33.3 Å². The van der Waals surface area contributed by atoms with Gasteiger partial charge in [0.25, 0.3) is 11.5 Å². The summed E-state index contributed by atoms with van der Waals surface area (Å²) in [5.74, 6) is -0.893. The Morgan fingerprint density at radius 1 is 1.31 bits per heavy atom. The summed E-state index contributed by atoms with van der Waals surface area (Å²) in [7, 11) is 0. The molecule has 1 aliphatic heterocycles. The number of carbonyl (C=O) groups is 1. The van der Waals surface area contributed by atoms with Crippen molar-refractivity contribution in [3.05, 3.63) is 56.8 Å². The van der Waals surface area contributed by atoms with Gasteiger partial charge < -0.3 is 15.2 Å². The SMILES string of the molecule is Cc1cc(C)cc(CNC(=O)c2nc3n(c(=O)c2O)CCOC3(C)C)c1. The Hall–Kier alpha value is -2.67. The van der Waals surface area contributed by atoms with Gasteiger partial charge in [0.05, 0.1) is 13.2 Å². The molecule has 3 rings (SSSR count). The summed E-state index contributed by atoms with van der Waals surface area (Å²) in [6.07, 6.45) is 0. The molecule has 0 atom stereocenters. The van der Waals surface area contributed by atoms with Crippen LogP contribution in [0.5, 0.6) is 5.75 Å². The second kappa shape index (κ2) is 6.57. The molecule has 2 aromatic rings. The fourth-order valence-electron chi connectivity index (χ4n) is 3.26. The average molecular weight is 357 g/mol. The highest BCUT2D eigenvalue weighted by Crippen LogP contribution is 2.27. The Kier molecular flexibility index (Phi) is 4.58. The van der Waals surface area contributed by atoms with Crippen molar-refractivity contribution in [2.75, 3.05) is 6.61 Å². The van der Waals surface area contributed by atoms with Gasteiger partial charge in [0.1, 0.15) is 11.4 Å². The number of aromatic hydroxyl groups is 1. The number of rotatable bonds is 3. The zero-order chi connectivity index (χ0) is 19.1. The van der Waals surface area contributed by atoms with Gasteiger partial charge in [0, 0.05) is 6.54 Å². The monoisotopic (exact) mass is 357 g/mol. The van der Waals surface area contributed by atoms with Gasteiger partial charge in [-0.25, -0.2) is 4.98 Å². The maximum atomic E-state index is 12.5. The Morgan fingerprint density at radius 3 is 2.62 bits per heavy atom. The number of carbonyl (C=O) groups excluding carboxylic acids is 1. The minimum atomic E-state index is -0.812. The van der Waals surface area contributed by atoms with Crippen LogP contribution in [0.1, 0.15) is 46.9 Å². The van der Waals surface area contributed by atoms with E-state index in [9.17, 15) is 14.7 Å². The normalized spacial score (nSPS) is 15.4. The highest BCUT2D eigenvalue weighted by atomic mass is 16.5. The van der Waals surface area contributed by atoms with Crippen LogP contribution in [0.3, 0.4) is 0 Å². The maximum absolute atomic E-state index is 12.5. The van der Waals surface area contributed by atoms with Gasteiger partial charge in [-0.1, -0.05) is 29.3 Å². The molecule has 7 heteroatoms. The first-order chi connectivity index (χ1) is 12.2. The molecule has 1 amide bonds. The predicted molar refractivity (Wildman–Crippen MR) is 96.2 cm³/mol. The molecule has 7 nitrogen and oxygen atoms in total. The fraction of sp³-hybridized carbons (Fsp3) is 0.421. The molecule has 0 unspecified atom stereocenters. The van der Waals surface area contributed by atoms with E-state index in [1.165, 1.54) is 4.57 Å². The minimum Gasteiger partial charge on any atom is -0.501 e. The lowest BCUT2D eigenvalue weighted by Crippen LogP contribution is -2.42. The number of aryl methyl sites for hydroxylation is 2. The van der Waals surface area contributed by atoms with Crippen LogP contribution < -0.4 is 10.9 Å². The van der Waals surface area contributed by atoms with Gasteiger partial charge in [-0.2, -0.15) is 0 Å². The Balaban J connectivity index is 1.90. The predicted octanol–water partition coefficient (Wildman–Crippen LogP) is 1.76. The smallest absolute Gasteiger partial charge is 0.296 e. The van der Waals surface area contributed by atoms with E-state index in [1.54, 1.807) is 13.8 Å². The van der Waals surface area contributed by atoms with Crippen molar-refractivity contribution in [1.29, 1.82) is 0 Å². The van der Waals surface area contributed by atoms with E-state index in [4.69, 9.17) is 4.74 Å². The molecule has 138 valence electrons. The molecule has 2 heterocycles. The number of aromatic nitrogens is 2. The number of fused-ring (bicyclic) bond motifs is 1. The molecular weight excluding hydrogens is 334 g/mol. The molecule has 0 fully saturated rings. The summed E-state index contributed by atoms with van der Waals surface area (Å²) in [4.78, 5) is 29.2. The molecular formula is C19H23N3O4. The van der Waals surface area contributed by atoms with Gasteiger partial charge in [-0.15, -0.1) is 0 Å². The van der Waals surface area contributed by atoms with Crippen LogP contribution >= 0.6 is 0 Å². The standard InChI is InChI=1S/C19H23N3O4/c1-11-7-12(2)9-13(8-11)10-20-16(24)14-15(23)17(25)22-5-6-26-19(3,4)18(22)21-14/h7-9,23H,5-6,10H2,1-4H3,(H,20,24). The van der Waals surface area contributed by atoms with Crippen LogP contribution in [0.4, 0.5) is 0 Å². The molecule has 0 radical (unpaired) electrons. The van der Waals surface area contributed by atoms with Crippen molar-refractivity contribution in [1.82, 2.24) is 14.9 Å². The molecule has 0 spiro atoms. The van der Waals surface area contributed by atoms with Crippen LogP contribution in [0.25, 0.3) is 0 Å². The number of amides is 1. The molecule has 1 aromatic heterocycles. The number of hydrogen-bond acceptors (Lipinski definition) is 5. The van der Waals surface area contributed by atoms with Gasteiger partial charge >= 0.3 is 0 Å². The molecule has 0 saturated heterocycles. The summed E-state index contributed by atoms with van der Waals surface area (Å²) in [5, 5.41) is 12.9. The zero-order valence-corrected chi connectivity index (χ0v) is 15.4. The first kappa shape index (κ1) is 18.1. The molecule has 0 aliphatic carbocycles. The first-order valence-electron chi connectivity index (χ1n) is 8.52. The molecule has 2 N–H and O–H groups in total. The second-order valence-corrected chi connectivity index (χ2v) is 7.13. The maximum Gasteiger partial charge on any atom is 0.296 e. The van der Waals surface area contributed by atoms with Crippen molar-refractivity contribution in [2.45, 2.75) is 46.4 Å². The lowest BCUT2D eigenvalue weighted by Gasteiger charge is -2.32. The van der Waals surface area contributed by atoms with Crippen LogP contribution in [0.15, 0.2) is 23.0 Å². The lowest BCUT2D eigenvalue weighted by atomic mass is 10.1. The number of nitrogens with zero attached hydrogens (tertiary/aromatic N) is 2. The molecule has 0 bridgehead atoms. The summed E-state index contributed by atoms with van der Waals surface area (Å²) >= 11 is 0. The van der Waals surface area contributed by atoms with E-state index in [2.05, 4.69) is 10.3 Å². The van der Waals surface area contributed by atoms with Crippen molar-refractivity contribution >= 4 is 5.91 Å². The number of nitrogens with one attached hydrogen (secondary N) is 1. The van der Waals surface area contributed by atoms with E-state index < -0.39 is 22.8 Å². The van der Waals surface area contributed by atoms with Crippen LogP contribution in [-0.2, 0) is 23.4 Å². The highest BCUT2D eigenvalue weighted by Gasteiger charge is 2.34. The van der Waals surface area contributed by atoms with Crippen LogP contribution in [0.2, 0.25) is 0 Å². The third-order valence-corrected chi connectivity index (χ3v) is 4.41. The van der Waals surface area contributed by atoms with Crippen molar-refractivity contribution < 1.29 is 14.6 Å². The third-order valence-electron chi connectivity index (χ3n) is 4.41. The third kappa shape index (κ3) is 3.35. The van der Waals surface area contributed by atoms with Gasteiger partial charge in [0.2, 0.25) is 5.75 Å². The number of benzene rings is 1. The Labute approximate surface area is 151 Å². The van der Waals surface area contributed by atoms with E-state index in [-0.39, 0.29) is 12.2 Å². The van der Waals surface area contributed by atoms with E-state index in [0.717, 1.165) is 16.7 Å². The first-order valence-corrected chi connectivity index (χ1v) is 8.52. The molecule has 0 saturated carbocycles. The molecule has 26 heavy (non-hydrogen) atoms. The topological polar surface area (TPSA) is 93.5 Å². The van der Waals surface area contributed by atoms with Gasteiger partial charge in [-0.3, -0.25) is 14.2 Å². The minimum absolute atomic E-state index is 0.274. The van der Waals surface area contributed by atoms with Crippen molar-refractivity contribution in [3.8, 4) is 5.75 Å². The fourth-order valence-corrected chi connectivity index (χ4v) is 3.26. The van der Waals surface area contributed by atoms with Crippen molar-refractivity contribution in [3.63, 3.8) is 0 Å². The van der Waals surface area contributed by atoms with Crippen LogP contribution in [0, 0.1) is 13.8 Å². The summed E-state index contributed by atoms with van der Waals surface area (Å²) in [6, 6.07) is 5.99. The number of hydrogen-bond donors (Lipinski definition) is 2. The summed E-state index contributed by atoms with van der Waals surface area (Å²) in [6.45, 7) is 8.44. The quantitative estimate of drug-likeness (QED) is 0.873. The summed E-state index contributed by atoms with van der Waals surface area (Å²) < 4.78 is 7.00. The average Bonchev–Trinajstić information content (AvgIpc) is 2.55. The van der Waals surface area contributed by atoms with E-state index in [0.29, 0.717) is 19.0 Å². The second-order valence-electron chi connectivity index (χ2n) is 7.13. The van der Waals surface area contributed by atoms with Crippen molar-refractivity contribution in [2.24, 2.45) is 0 Å². The van der Waals surface area contributed by atoms with E-state index in [1.807, 2.05) is 32.0 Å². The summed E-state index contributed by atoms with van der Waals surface area (Å²) in [5.41, 5.74) is 1.43. The Morgan fingerprint density at radius 2 is 1.96 bits per heavy atom. The largest absolute Gasteiger partial charge is 0.501 e. The van der Waals surface area contributed by atoms with Crippen LogP contribution in [-0.4, -0.2) is 27.2 Å². The Bertz CT molecular complexity index is 911. The van der Waals surface area contributed by atoms with Gasteiger partial charge in [0.15, 0.2) is 5.69 Å². The zero-order valence-electron chi connectivity index (χ0n) is 15.4. The number of ether oxygens (including phenoxy) is 1. The molecule has 1 aliphatic rings. The highest BCUT2D eigenvalue weighted by molar-refractivity contribution is 5.94. The van der Waals surface area contributed by atoms with E-state index >= 15 is 0 Å². The lowest BCUT2D eigenvalue weighted by molar-refractivity contribution is -0.0566. The molecule has 1 aromatic carbocycles.